The fourth-order valence-corrected chi connectivity index (χ4v) is 2.93. The average molecular weight is 366 g/mol. The van der Waals surface area contributed by atoms with Gasteiger partial charge in [0.15, 0.2) is 5.82 Å². The Morgan fingerprint density at radius 2 is 2.15 bits per heavy atom. The molecule has 3 heterocycles. The van der Waals surface area contributed by atoms with Crippen molar-refractivity contribution in [3.8, 4) is 17.1 Å². The van der Waals surface area contributed by atoms with Crippen molar-refractivity contribution in [3.63, 3.8) is 0 Å². The van der Waals surface area contributed by atoms with Crippen LogP contribution in [0.1, 0.15) is 6.42 Å². The zero-order valence-corrected chi connectivity index (χ0v) is 14.9. The summed E-state index contributed by atoms with van der Waals surface area (Å²) < 4.78 is 0. The lowest BCUT2D eigenvalue weighted by Gasteiger charge is -2.27. The standard InChI is InChI=1S/C18H22N8O/c19-3-4-21-14-10-15(14)23-12-9-16(27)18(22-11-12)13-1-2-17(25-24-13)26-7-5-20-6-8-26/h1-2,4,9,11,20,23,27H,3,5-8,10,19H2. The van der Waals surface area contributed by atoms with Gasteiger partial charge in [-0.1, -0.05) is 0 Å². The molecule has 0 unspecified atom stereocenters. The number of nitrogens with zero attached hydrogens (tertiary/aromatic N) is 5. The first-order valence-electron chi connectivity index (χ1n) is 8.95. The summed E-state index contributed by atoms with van der Waals surface area (Å²) >= 11 is 0. The van der Waals surface area contributed by atoms with Crippen molar-refractivity contribution in [1.29, 1.82) is 0 Å². The van der Waals surface area contributed by atoms with Crippen molar-refractivity contribution >= 4 is 17.7 Å². The van der Waals surface area contributed by atoms with Gasteiger partial charge in [0.1, 0.15) is 17.1 Å². The predicted octanol–water partition coefficient (Wildman–Crippen LogP) is 0.710. The first kappa shape index (κ1) is 17.4. The number of rotatable bonds is 6. The Balaban J connectivity index is 1.46. The van der Waals surface area contributed by atoms with Crippen molar-refractivity contribution in [2.24, 2.45) is 10.7 Å². The number of aromatic nitrogens is 3. The van der Waals surface area contributed by atoms with Crippen molar-refractivity contribution < 1.29 is 5.11 Å². The van der Waals surface area contributed by atoms with Crippen LogP contribution in [0, 0.1) is 0 Å². The summed E-state index contributed by atoms with van der Waals surface area (Å²) in [5.74, 6) is 0.891. The summed E-state index contributed by atoms with van der Waals surface area (Å²) in [5.41, 5.74) is 9.02. The molecule has 0 amide bonds. The van der Waals surface area contributed by atoms with Gasteiger partial charge in [-0.15, -0.1) is 10.2 Å². The summed E-state index contributed by atoms with van der Waals surface area (Å²) in [7, 11) is 0. The third kappa shape index (κ3) is 4.04. The smallest absolute Gasteiger partial charge is 0.151 e. The lowest BCUT2D eigenvalue weighted by Crippen LogP contribution is -2.43. The van der Waals surface area contributed by atoms with E-state index in [4.69, 9.17) is 5.73 Å². The first-order valence-corrected chi connectivity index (χ1v) is 8.95. The normalized spacial score (nSPS) is 16.9. The Morgan fingerprint density at radius 3 is 2.85 bits per heavy atom. The summed E-state index contributed by atoms with van der Waals surface area (Å²) in [4.78, 5) is 10.7. The largest absolute Gasteiger partial charge is 0.506 e. The van der Waals surface area contributed by atoms with Crippen LogP contribution in [0.5, 0.6) is 5.75 Å². The third-order valence-electron chi connectivity index (χ3n) is 4.42. The second-order valence-corrected chi connectivity index (χ2v) is 6.38. The van der Waals surface area contributed by atoms with Gasteiger partial charge in [0, 0.05) is 57.1 Å². The van der Waals surface area contributed by atoms with Gasteiger partial charge >= 0.3 is 0 Å². The molecule has 2 aliphatic rings. The first-order chi connectivity index (χ1) is 13.2. The Hall–Kier alpha value is -3.04. The molecule has 9 nitrogen and oxygen atoms in total. The lowest BCUT2D eigenvalue weighted by molar-refractivity contribution is 0.475. The molecular weight excluding hydrogens is 344 g/mol. The fourth-order valence-electron chi connectivity index (χ4n) is 2.93. The predicted molar refractivity (Wildman–Crippen MR) is 105 cm³/mol. The Labute approximate surface area is 157 Å². The highest BCUT2D eigenvalue weighted by Gasteiger charge is 2.21. The third-order valence-corrected chi connectivity index (χ3v) is 4.42. The van der Waals surface area contributed by atoms with Crippen molar-refractivity contribution in [1.82, 2.24) is 20.5 Å². The highest BCUT2D eigenvalue weighted by atomic mass is 16.3. The number of pyridine rings is 1. The molecule has 27 heavy (non-hydrogen) atoms. The number of hydrogen-bond acceptors (Lipinski definition) is 9. The molecule has 1 aliphatic carbocycles. The minimum Gasteiger partial charge on any atom is -0.506 e. The van der Waals surface area contributed by atoms with Gasteiger partial charge in [0.2, 0.25) is 0 Å². The molecule has 0 atom stereocenters. The van der Waals surface area contributed by atoms with Crippen LogP contribution in [-0.2, 0) is 0 Å². The van der Waals surface area contributed by atoms with Crippen molar-refractivity contribution in [2.45, 2.75) is 6.42 Å². The molecule has 0 aromatic carbocycles. The summed E-state index contributed by atoms with van der Waals surface area (Å²) in [6.45, 7) is 4.12. The molecular formula is C18H22N8O. The number of aliphatic imine (C=N–C) groups is 1. The van der Waals surface area contributed by atoms with Crippen LogP contribution in [-0.4, -0.2) is 59.2 Å². The van der Waals surface area contributed by atoms with Crippen LogP contribution in [0.4, 0.5) is 11.5 Å². The minimum absolute atomic E-state index is 0.0532. The number of piperazine rings is 1. The van der Waals surface area contributed by atoms with Gasteiger partial charge in [-0.25, -0.2) is 4.98 Å². The molecule has 1 aliphatic heterocycles. The average Bonchev–Trinajstić information content (AvgIpc) is 3.45. The molecule has 0 bridgehead atoms. The van der Waals surface area contributed by atoms with E-state index in [0.29, 0.717) is 23.6 Å². The maximum Gasteiger partial charge on any atom is 0.151 e. The van der Waals surface area contributed by atoms with E-state index in [1.54, 1.807) is 18.5 Å². The van der Waals surface area contributed by atoms with Gasteiger partial charge < -0.3 is 26.4 Å². The van der Waals surface area contributed by atoms with E-state index in [9.17, 15) is 5.11 Å². The second-order valence-electron chi connectivity index (χ2n) is 6.38. The van der Waals surface area contributed by atoms with Crippen LogP contribution in [0.25, 0.3) is 11.4 Å². The summed E-state index contributed by atoms with van der Waals surface area (Å²) in [6.07, 6.45) is 4.13. The molecule has 5 N–H and O–H groups in total. The SMILES string of the molecule is NCC=NC1=C(Nc2cnc(-c3ccc(N4CCNCC4)nn3)c(O)c2)C1. The molecule has 1 saturated heterocycles. The molecule has 2 aromatic heterocycles. The number of anilines is 2. The van der Waals surface area contributed by atoms with Crippen LogP contribution < -0.4 is 21.3 Å². The van der Waals surface area contributed by atoms with Crippen molar-refractivity contribution in [2.75, 3.05) is 42.9 Å². The van der Waals surface area contributed by atoms with Gasteiger partial charge in [0.05, 0.1) is 17.6 Å². The number of aromatic hydroxyl groups is 1. The number of nitrogens with one attached hydrogen (secondary N) is 2. The van der Waals surface area contributed by atoms with E-state index >= 15 is 0 Å². The molecule has 9 heteroatoms. The Morgan fingerprint density at radius 1 is 1.30 bits per heavy atom. The number of hydrogen-bond donors (Lipinski definition) is 4. The molecule has 0 radical (unpaired) electrons. The van der Waals surface area contributed by atoms with Gasteiger partial charge in [-0.2, -0.15) is 0 Å². The van der Waals surface area contributed by atoms with E-state index in [2.05, 4.69) is 35.7 Å². The highest BCUT2D eigenvalue weighted by Crippen LogP contribution is 2.34. The fraction of sp³-hybridized carbons (Fsp3) is 0.333. The van der Waals surface area contributed by atoms with Crippen LogP contribution >= 0.6 is 0 Å². The van der Waals surface area contributed by atoms with E-state index in [1.807, 2.05) is 12.1 Å². The maximum atomic E-state index is 10.4. The van der Waals surface area contributed by atoms with Crippen LogP contribution in [0.15, 0.2) is 40.8 Å². The van der Waals surface area contributed by atoms with E-state index in [0.717, 1.165) is 49.8 Å². The van der Waals surface area contributed by atoms with E-state index in [1.165, 1.54) is 0 Å². The summed E-state index contributed by atoms with van der Waals surface area (Å²) in [6, 6.07) is 5.38. The number of allylic oxidation sites excluding steroid dienone is 2. The minimum atomic E-state index is 0.0532. The lowest BCUT2D eigenvalue weighted by atomic mass is 10.2. The monoisotopic (exact) mass is 366 g/mol. The van der Waals surface area contributed by atoms with Crippen molar-refractivity contribution in [3.05, 3.63) is 35.8 Å². The summed E-state index contributed by atoms with van der Waals surface area (Å²) in [5, 5.41) is 25.4. The molecule has 0 spiro atoms. The quantitative estimate of drug-likeness (QED) is 0.551. The Bertz CT molecular complexity index is 871. The van der Waals surface area contributed by atoms with Crippen LogP contribution in [0.2, 0.25) is 0 Å². The molecule has 140 valence electrons. The Kier molecular flexibility index (Phi) is 4.95. The van der Waals surface area contributed by atoms with Gasteiger partial charge in [-0.05, 0) is 12.1 Å². The van der Waals surface area contributed by atoms with Gasteiger partial charge in [-0.3, -0.25) is 4.99 Å². The molecule has 2 aromatic rings. The number of nitrogens with two attached hydrogens (primary N) is 1. The molecule has 1 fully saturated rings. The molecule has 4 rings (SSSR count). The van der Waals surface area contributed by atoms with E-state index < -0.39 is 0 Å². The zero-order valence-electron chi connectivity index (χ0n) is 14.9. The molecule has 0 saturated carbocycles. The highest BCUT2D eigenvalue weighted by molar-refractivity contribution is 5.68. The van der Waals surface area contributed by atoms with Crippen LogP contribution in [0.3, 0.4) is 0 Å². The maximum absolute atomic E-state index is 10.4. The topological polar surface area (TPSA) is 125 Å². The zero-order chi connectivity index (χ0) is 18.6. The van der Waals surface area contributed by atoms with E-state index in [-0.39, 0.29) is 5.75 Å². The second kappa shape index (κ2) is 7.68. The van der Waals surface area contributed by atoms with Gasteiger partial charge in [0.25, 0.3) is 0 Å².